The van der Waals surface area contributed by atoms with Crippen LogP contribution in [-0.2, 0) is 14.6 Å². The topological polar surface area (TPSA) is 114 Å². The Balaban J connectivity index is 2.05. The molecule has 1 heterocycles. The molecule has 1 fully saturated rings. The largest absolute Gasteiger partial charge is 0.481 e. The van der Waals surface area contributed by atoms with Gasteiger partial charge in [0.25, 0.3) is 5.91 Å². The van der Waals surface area contributed by atoms with Gasteiger partial charge in [-0.15, -0.1) is 0 Å². The highest BCUT2D eigenvalue weighted by Crippen LogP contribution is 2.36. The third kappa shape index (κ3) is 3.49. The molecule has 1 aliphatic carbocycles. The maximum atomic E-state index is 12.0. The van der Waals surface area contributed by atoms with Crippen molar-refractivity contribution in [3.8, 4) is 0 Å². The highest BCUT2D eigenvalue weighted by molar-refractivity contribution is 7.90. The summed E-state index contributed by atoms with van der Waals surface area (Å²) in [6.07, 6.45) is 4.67. The minimum Gasteiger partial charge on any atom is -0.481 e. The van der Waals surface area contributed by atoms with Crippen LogP contribution in [0.4, 0.5) is 0 Å². The van der Waals surface area contributed by atoms with E-state index in [0.717, 1.165) is 25.5 Å². The van der Waals surface area contributed by atoms with Crippen LogP contribution in [0.5, 0.6) is 0 Å². The fraction of sp³-hybridized carbons (Fsp3) is 0.571. The first-order valence-corrected chi connectivity index (χ1v) is 8.95. The summed E-state index contributed by atoms with van der Waals surface area (Å²) in [5.41, 5.74) is -0.944. The highest BCUT2D eigenvalue weighted by atomic mass is 32.2. The smallest absolute Gasteiger partial charge is 0.311 e. The SMILES string of the molecule is CS(=O)(=O)c1ccc(C(=O)NCC2(C(=O)O)CCCCC2)o1. The molecule has 8 heteroatoms. The van der Waals surface area contributed by atoms with Gasteiger partial charge >= 0.3 is 5.97 Å². The number of carbonyl (C=O) groups is 2. The Bertz CT molecular complexity index is 669. The number of furan rings is 1. The third-order valence-corrected chi connectivity index (χ3v) is 4.97. The molecule has 0 spiro atoms. The Morgan fingerprint density at radius 2 is 1.91 bits per heavy atom. The Labute approximate surface area is 128 Å². The Morgan fingerprint density at radius 1 is 1.27 bits per heavy atom. The van der Waals surface area contributed by atoms with Gasteiger partial charge in [-0.05, 0) is 25.0 Å². The van der Waals surface area contributed by atoms with Crippen molar-refractivity contribution in [1.29, 1.82) is 0 Å². The lowest BCUT2D eigenvalue weighted by Crippen LogP contribution is -2.44. The first-order valence-electron chi connectivity index (χ1n) is 7.06. The molecule has 1 saturated carbocycles. The summed E-state index contributed by atoms with van der Waals surface area (Å²) in [5.74, 6) is -1.67. The molecular weight excluding hydrogens is 310 g/mol. The fourth-order valence-corrected chi connectivity index (χ4v) is 3.23. The van der Waals surface area contributed by atoms with Crippen molar-refractivity contribution < 1.29 is 27.5 Å². The van der Waals surface area contributed by atoms with Gasteiger partial charge in [0.05, 0.1) is 5.41 Å². The first kappa shape index (κ1) is 16.5. The van der Waals surface area contributed by atoms with Gasteiger partial charge in [0, 0.05) is 12.8 Å². The molecule has 2 rings (SSSR count). The standard InChI is InChI=1S/C14H19NO6S/c1-22(19,20)11-6-5-10(21-11)12(16)15-9-14(13(17)18)7-3-2-4-8-14/h5-6H,2-4,7-9H2,1H3,(H,15,16)(H,17,18). The van der Waals surface area contributed by atoms with Crippen molar-refractivity contribution >= 4 is 21.7 Å². The maximum Gasteiger partial charge on any atom is 0.311 e. The molecule has 1 aliphatic rings. The van der Waals surface area contributed by atoms with Gasteiger partial charge in [-0.25, -0.2) is 8.42 Å². The Hall–Kier alpha value is -1.83. The lowest BCUT2D eigenvalue weighted by molar-refractivity contribution is -0.150. The average molecular weight is 329 g/mol. The Kier molecular flexibility index (Phi) is 4.60. The summed E-state index contributed by atoms with van der Waals surface area (Å²) >= 11 is 0. The third-order valence-electron chi connectivity index (χ3n) is 4.02. The van der Waals surface area contributed by atoms with Crippen molar-refractivity contribution in [3.05, 3.63) is 17.9 Å². The molecule has 22 heavy (non-hydrogen) atoms. The number of rotatable bonds is 5. The number of aliphatic carboxylic acids is 1. The quantitative estimate of drug-likeness (QED) is 0.845. The number of hydrogen-bond donors (Lipinski definition) is 2. The van der Waals surface area contributed by atoms with Crippen LogP contribution in [0.3, 0.4) is 0 Å². The zero-order chi connectivity index (χ0) is 16.4. The van der Waals surface area contributed by atoms with Crippen molar-refractivity contribution in [3.63, 3.8) is 0 Å². The number of carboxylic acid groups (broad SMARTS) is 1. The van der Waals surface area contributed by atoms with Crippen LogP contribution in [0.15, 0.2) is 21.6 Å². The molecule has 1 aromatic heterocycles. The summed E-state index contributed by atoms with van der Waals surface area (Å²) in [7, 11) is -3.52. The minimum atomic E-state index is -3.52. The predicted octanol–water partition coefficient (Wildman–Crippen LogP) is 1.45. The van der Waals surface area contributed by atoms with Gasteiger partial charge in [-0.2, -0.15) is 0 Å². The van der Waals surface area contributed by atoms with E-state index >= 15 is 0 Å². The van der Waals surface area contributed by atoms with Gasteiger partial charge in [-0.1, -0.05) is 19.3 Å². The van der Waals surface area contributed by atoms with Crippen LogP contribution in [-0.4, -0.2) is 38.2 Å². The first-order chi connectivity index (χ1) is 10.2. The second kappa shape index (κ2) is 6.12. The van der Waals surface area contributed by atoms with Gasteiger partial charge in [-0.3, -0.25) is 9.59 Å². The van der Waals surface area contributed by atoms with Crippen molar-refractivity contribution in [2.24, 2.45) is 5.41 Å². The van der Waals surface area contributed by atoms with Gasteiger partial charge in [0.2, 0.25) is 14.9 Å². The molecule has 0 radical (unpaired) electrons. The van der Waals surface area contributed by atoms with Crippen molar-refractivity contribution in [2.45, 2.75) is 37.2 Å². The van der Waals surface area contributed by atoms with Crippen LogP contribution in [0.25, 0.3) is 0 Å². The minimum absolute atomic E-state index is 0.01000. The van der Waals surface area contributed by atoms with Crippen molar-refractivity contribution in [2.75, 3.05) is 12.8 Å². The molecular formula is C14H19NO6S. The highest BCUT2D eigenvalue weighted by Gasteiger charge is 2.40. The summed E-state index contributed by atoms with van der Waals surface area (Å²) in [6.45, 7) is 0.01000. The summed E-state index contributed by atoms with van der Waals surface area (Å²) in [4.78, 5) is 23.5. The number of amides is 1. The van der Waals surface area contributed by atoms with Crippen molar-refractivity contribution in [1.82, 2.24) is 5.32 Å². The molecule has 2 N–H and O–H groups in total. The lowest BCUT2D eigenvalue weighted by atomic mass is 9.74. The molecule has 0 aromatic carbocycles. The van der Waals surface area contributed by atoms with E-state index in [1.807, 2.05) is 0 Å². The van der Waals surface area contributed by atoms with E-state index in [4.69, 9.17) is 4.42 Å². The van der Waals surface area contributed by atoms with Gasteiger partial charge < -0.3 is 14.8 Å². The number of hydrogen-bond acceptors (Lipinski definition) is 5. The van der Waals surface area contributed by atoms with Gasteiger partial charge in [0.1, 0.15) is 0 Å². The van der Waals surface area contributed by atoms with Gasteiger partial charge in [0.15, 0.2) is 5.76 Å². The van der Waals surface area contributed by atoms with E-state index in [2.05, 4.69) is 5.32 Å². The fourth-order valence-electron chi connectivity index (χ4n) is 2.67. The van der Waals surface area contributed by atoms with Crippen LogP contribution in [0.2, 0.25) is 0 Å². The molecule has 1 amide bonds. The number of sulfone groups is 1. The molecule has 1 aromatic rings. The summed E-state index contributed by atoms with van der Waals surface area (Å²) in [6, 6.07) is 2.47. The second-order valence-electron chi connectivity index (χ2n) is 5.72. The molecule has 122 valence electrons. The monoisotopic (exact) mass is 329 g/mol. The lowest BCUT2D eigenvalue weighted by Gasteiger charge is -2.33. The molecule has 0 atom stereocenters. The molecule has 7 nitrogen and oxygen atoms in total. The van der Waals surface area contributed by atoms with Crippen LogP contribution in [0.1, 0.15) is 42.7 Å². The number of carboxylic acids is 1. The number of nitrogens with one attached hydrogen (secondary N) is 1. The molecule has 0 saturated heterocycles. The normalized spacial score (nSPS) is 17.9. The van der Waals surface area contributed by atoms with Crippen LogP contribution in [0, 0.1) is 5.41 Å². The van der Waals surface area contributed by atoms with E-state index < -0.39 is 27.1 Å². The van der Waals surface area contributed by atoms with E-state index in [-0.39, 0.29) is 17.4 Å². The molecule has 0 aliphatic heterocycles. The molecule has 0 unspecified atom stereocenters. The Morgan fingerprint density at radius 3 is 2.41 bits per heavy atom. The van der Waals surface area contributed by atoms with E-state index in [0.29, 0.717) is 12.8 Å². The zero-order valence-electron chi connectivity index (χ0n) is 12.3. The van der Waals surface area contributed by atoms with Crippen LogP contribution < -0.4 is 5.32 Å². The van der Waals surface area contributed by atoms with Crippen LogP contribution >= 0.6 is 0 Å². The predicted molar refractivity (Wildman–Crippen MR) is 77.3 cm³/mol. The average Bonchev–Trinajstić information content (AvgIpc) is 2.95. The zero-order valence-corrected chi connectivity index (χ0v) is 13.1. The summed E-state index contributed by atoms with van der Waals surface area (Å²) in [5, 5.41) is 11.7. The second-order valence-corrected chi connectivity index (χ2v) is 7.67. The summed E-state index contributed by atoms with van der Waals surface area (Å²) < 4.78 is 27.6. The van der Waals surface area contributed by atoms with E-state index in [9.17, 15) is 23.1 Å². The number of carbonyl (C=O) groups excluding carboxylic acids is 1. The van der Waals surface area contributed by atoms with E-state index in [1.54, 1.807) is 0 Å². The van der Waals surface area contributed by atoms with E-state index in [1.165, 1.54) is 12.1 Å². The maximum absolute atomic E-state index is 12.0. The molecule has 0 bridgehead atoms.